The highest BCUT2D eigenvalue weighted by molar-refractivity contribution is 14.1. The van der Waals surface area contributed by atoms with Crippen LogP contribution < -0.4 is 5.32 Å². The summed E-state index contributed by atoms with van der Waals surface area (Å²) in [5.74, 6) is -0.281. The van der Waals surface area contributed by atoms with Crippen molar-refractivity contribution in [2.24, 2.45) is 0 Å². The average Bonchev–Trinajstić information content (AvgIpc) is 2.11. The van der Waals surface area contributed by atoms with Crippen molar-refractivity contribution < 1.29 is 9.18 Å². The molecule has 15 heavy (non-hydrogen) atoms. The molecule has 80 valence electrons. The van der Waals surface area contributed by atoms with Gasteiger partial charge in [0.25, 0.3) is 0 Å². The van der Waals surface area contributed by atoms with Gasteiger partial charge >= 0.3 is 0 Å². The molecule has 1 amide bonds. The molecule has 2 rings (SSSR count). The number of amides is 1. The van der Waals surface area contributed by atoms with E-state index in [1.54, 1.807) is 6.07 Å². The number of carbonyl (C=O) groups excluding carboxylic acids is 1. The lowest BCUT2D eigenvalue weighted by Crippen LogP contribution is -2.37. The predicted molar refractivity (Wildman–Crippen MR) is 67.7 cm³/mol. The van der Waals surface area contributed by atoms with Gasteiger partial charge < -0.3 is 5.32 Å². The monoisotopic (exact) mass is 337 g/mol. The van der Waals surface area contributed by atoms with Crippen LogP contribution in [0.5, 0.6) is 0 Å². The molecule has 0 aromatic heterocycles. The van der Waals surface area contributed by atoms with Crippen molar-refractivity contribution in [2.45, 2.75) is 23.5 Å². The van der Waals surface area contributed by atoms with Gasteiger partial charge in [0.05, 0.1) is 14.0 Å². The van der Waals surface area contributed by atoms with Crippen molar-refractivity contribution in [1.29, 1.82) is 0 Å². The van der Waals surface area contributed by atoms with Crippen LogP contribution in [0.15, 0.2) is 17.0 Å². The van der Waals surface area contributed by atoms with E-state index in [2.05, 4.69) is 5.32 Å². The van der Waals surface area contributed by atoms with Gasteiger partial charge in [0.15, 0.2) is 0 Å². The molecule has 0 bridgehead atoms. The lowest BCUT2D eigenvalue weighted by Gasteiger charge is -2.29. The molecule has 1 aromatic carbocycles. The van der Waals surface area contributed by atoms with Crippen molar-refractivity contribution >= 4 is 45.9 Å². The van der Waals surface area contributed by atoms with Crippen molar-refractivity contribution in [3.63, 3.8) is 0 Å². The summed E-state index contributed by atoms with van der Waals surface area (Å²) < 4.78 is 13.3. The third-order valence-electron chi connectivity index (χ3n) is 2.18. The number of thioether (sulfide) groups is 1. The molecule has 1 aromatic rings. The minimum atomic E-state index is -0.535. The number of carbonyl (C=O) groups is 1. The van der Waals surface area contributed by atoms with Crippen molar-refractivity contribution in [1.82, 2.24) is 0 Å². The molecule has 1 heterocycles. The zero-order chi connectivity index (χ0) is 11.2. The number of halogens is 2. The zero-order valence-corrected chi connectivity index (χ0v) is 11.2. The van der Waals surface area contributed by atoms with Gasteiger partial charge in [0, 0.05) is 4.90 Å². The number of hydrogen-bond acceptors (Lipinski definition) is 2. The summed E-state index contributed by atoms with van der Waals surface area (Å²) in [4.78, 5) is 12.4. The second-order valence-electron chi connectivity index (χ2n) is 3.83. The quantitative estimate of drug-likeness (QED) is 0.737. The molecule has 1 aliphatic heterocycles. The fourth-order valence-corrected chi connectivity index (χ4v) is 2.85. The summed E-state index contributed by atoms with van der Waals surface area (Å²) in [6, 6.07) is 3.13. The summed E-state index contributed by atoms with van der Waals surface area (Å²) in [7, 11) is 0. The molecule has 0 saturated carbocycles. The second kappa shape index (κ2) is 3.62. The topological polar surface area (TPSA) is 29.1 Å². The van der Waals surface area contributed by atoms with Crippen LogP contribution in [-0.4, -0.2) is 10.7 Å². The number of nitrogens with one attached hydrogen (secondary N) is 1. The smallest absolute Gasteiger partial charge is 0.240 e. The highest BCUT2D eigenvalue weighted by atomic mass is 127. The minimum absolute atomic E-state index is 0.0394. The largest absolute Gasteiger partial charge is 0.324 e. The number of anilines is 1. The maximum atomic E-state index is 13.3. The van der Waals surface area contributed by atoms with Gasteiger partial charge in [-0.05, 0) is 48.6 Å². The van der Waals surface area contributed by atoms with Crippen LogP contribution in [0.1, 0.15) is 13.8 Å². The molecule has 1 aliphatic rings. The third-order valence-corrected chi connectivity index (χ3v) is 4.26. The lowest BCUT2D eigenvalue weighted by atomic mass is 10.1. The Morgan fingerprint density at radius 1 is 1.47 bits per heavy atom. The summed E-state index contributed by atoms with van der Waals surface area (Å²) >= 11 is 3.30. The SMILES string of the molecule is CC1(C)Sc2cc(F)c(I)cc2NC1=O. The van der Waals surface area contributed by atoms with E-state index in [-0.39, 0.29) is 11.7 Å². The lowest BCUT2D eigenvalue weighted by molar-refractivity contribution is -0.117. The number of rotatable bonds is 0. The summed E-state index contributed by atoms with van der Waals surface area (Å²) in [6.07, 6.45) is 0. The van der Waals surface area contributed by atoms with Gasteiger partial charge in [0.1, 0.15) is 5.82 Å². The van der Waals surface area contributed by atoms with Crippen LogP contribution in [0.25, 0.3) is 0 Å². The van der Waals surface area contributed by atoms with E-state index < -0.39 is 4.75 Å². The maximum absolute atomic E-state index is 13.3. The Labute approximate surface area is 105 Å². The highest BCUT2D eigenvalue weighted by Crippen LogP contribution is 2.42. The molecule has 1 N–H and O–H groups in total. The fraction of sp³-hybridized carbons (Fsp3) is 0.300. The van der Waals surface area contributed by atoms with Gasteiger partial charge in [-0.2, -0.15) is 0 Å². The van der Waals surface area contributed by atoms with Crippen LogP contribution in [0.3, 0.4) is 0 Å². The summed E-state index contributed by atoms with van der Waals surface area (Å²) in [5, 5.41) is 2.79. The van der Waals surface area contributed by atoms with E-state index in [4.69, 9.17) is 0 Å². The van der Waals surface area contributed by atoms with Crippen molar-refractivity contribution in [3.05, 3.63) is 21.5 Å². The van der Waals surface area contributed by atoms with E-state index >= 15 is 0 Å². The van der Waals surface area contributed by atoms with E-state index in [0.717, 1.165) is 4.90 Å². The number of benzene rings is 1. The molecule has 0 aliphatic carbocycles. The van der Waals surface area contributed by atoms with E-state index in [1.807, 2.05) is 36.4 Å². The molecule has 0 unspecified atom stereocenters. The first kappa shape index (κ1) is 11.2. The van der Waals surface area contributed by atoms with E-state index in [9.17, 15) is 9.18 Å². The van der Waals surface area contributed by atoms with Gasteiger partial charge in [-0.1, -0.05) is 0 Å². The molecule has 2 nitrogen and oxygen atoms in total. The number of hydrogen-bond donors (Lipinski definition) is 1. The molecular formula is C10H9FINOS. The zero-order valence-electron chi connectivity index (χ0n) is 8.23. The maximum Gasteiger partial charge on any atom is 0.240 e. The van der Waals surface area contributed by atoms with Crippen LogP contribution in [-0.2, 0) is 4.79 Å². The Morgan fingerprint density at radius 3 is 2.80 bits per heavy atom. The standard InChI is InChI=1S/C10H9FINOS/c1-10(2)9(14)13-7-4-6(12)5(11)3-8(7)15-10/h3-4H,1-2H3,(H,13,14). The first-order chi connectivity index (χ1) is 6.90. The van der Waals surface area contributed by atoms with Gasteiger partial charge in [-0.25, -0.2) is 4.39 Å². The van der Waals surface area contributed by atoms with Crippen molar-refractivity contribution in [3.8, 4) is 0 Å². The van der Waals surface area contributed by atoms with Crippen LogP contribution >= 0.6 is 34.4 Å². The van der Waals surface area contributed by atoms with E-state index in [0.29, 0.717) is 9.26 Å². The third kappa shape index (κ3) is 1.99. The Hall–Kier alpha value is -0.300. The second-order valence-corrected chi connectivity index (χ2v) is 6.66. The minimum Gasteiger partial charge on any atom is -0.324 e. The first-order valence-corrected chi connectivity index (χ1v) is 6.29. The molecule has 0 atom stereocenters. The van der Waals surface area contributed by atoms with Gasteiger partial charge in [-0.3, -0.25) is 4.79 Å². The molecular weight excluding hydrogens is 328 g/mol. The Kier molecular flexibility index (Phi) is 2.70. The number of fused-ring (bicyclic) bond motifs is 1. The van der Waals surface area contributed by atoms with Crippen molar-refractivity contribution in [2.75, 3.05) is 5.32 Å². The molecule has 0 saturated heterocycles. The highest BCUT2D eigenvalue weighted by Gasteiger charge is 2.34. The van der Waals surface area contributed by atoms with Gasteiger partial charge in [0.2, 0.25) is 5.91 Å². The van der Waals surface area contributed by atoms with Crippen LogP contribution in [0, 0.1) is 9.39 Å². The predicted octanol–water partition coefficient (Wildman–Crippen LogP) is 3.25. The first-order valence-electron chi connectivity index (χ1n) is 4.40. The Bertz CT molecular complexity index is 447. The van der Waals surface area contributed by atoms with Crippen LogP contribution in [0.2, 0.25) is 0 Å². The molecule has 5 heteroatoms. The summed E-state index contributed by atoms with van der Waals surface area (Å²) in [5.41, 5.74) is 0.704. The Morgan fingerprint density at radius 2 is 2.13 bits per heavy atom. The average molecular weight is 337 g/mol. The fourth-order valence-electron chi connectivity index (χ4n) is 1.30. The van der Waals surface area contributed by atoms with Gasteiger partial charge in [-0.15, -0.1) is 11.8 Å². The summed E-state index contributed by atoms with van der Waals surface area (Å²) in [6.45, 7) is 3.65. The Balaban J connectivity index is 2.51. The molecule has 0 fully saturated rings. The van der Waals surface area contributed by atoms with Crippen LogP contribution in [0.4, 0.5) is 10.1 Å². The molecule has 0 radical (unpaired) electrons. The normalized spacial score (nSPS) is 18.3. The molecule has 0 spiro atoms. The van der Waals surface area contributed by atoms with E-state index in [1.165, 1.54) is 17.8 Å².